The van der Waals surface area contributed by atoms with E-state index >= 15 is 0 Å². The largest absolute Gasteiger partial charge is 0.457 e. The van der Waals surface area contributed by atoms with E-state index < -0.39 is 0 Å². The molecule has 6 heteroatoms. The first-order valence-electron chi connectivity index (χ1n) is 13.9. The second-order valence-electron chi connectivity index (χ2n) is 10.9. The summed E-state index contributed by atoms with van der Waals surface area (Å²) in [7, 11) is 0. The monoisotopic (exact) mass is 558 g/mol. The van der Waals surface area contributed by atoms with Crippen molar-refractivity contribution in [1.29, 1.82) is 0 Å². The standard InChI is InChI=1S/C35H34N4OS/c1-22-10-15-28(16-11-22)40-29-17-13-27(14-18-29)39-34(33(37-35(39)41)31-8-6-7-19-36-31)30-21-25(4)38(26(30)5)32-20-23(2)9-12-24(32)3/h6-21,33-34H,1-5H3,(H,37,41)/t33-,34+/m1/s1. The smallest absolute Gasteiger partial charge is 0.174 e. The van der Waals surface area contributed by atoms with Crippen molar-refractivity contribution in [2.75, 3.05) is 4.90 Å². The van der Waals surface area contributed by atoms with Crippen LogP contribution in [0, 0.1) is 34.6 Å². The number of nitrogens with zero attached hydrogens (tertiary/aromatic N) is 3. The van der Waals surface area contributed by atoms with Crippen LogP contribution >= 0.6 is 12.2 Å². The van der Waals surface area contributed by atoms with E-state index in [2.05, 4.69) is 104 Å². The number of rotatable bonds is 6. The van der Waals surface area contributed by atoms with E-state index in [-0.39, 0.29) is 12.1 Å². The highest BCUT2D eigenvalue weighted by Gasteiger charge is 2.42. The van der Waals surface area contributed by atoms with Gasteiger partial charge in [-0.3, -0.25) is 4.98 Å². The topological polar surface area (TPSA) is 42.3 Å². The summed E-state index contributed by atoms with van der Waals surface area (Å²) in [6.45, 7) is 10.8. The summed E-state index contributed by atoms with van der Waals surface area (Å²) in [5.41, 5.74) is 10.4. The lowest BCUT2D eigenvalue weighted by molar-refractivity contribution is 0.482. The lowest BCUT2D eigenvalue weighted by Crippen LogP contribution is -2.29. The molecule has 1 aliphatic rings. The van der Waals surface area contributed by atoms with Gasteiger partial charge in [-0.2, -0.15) is 0 Å². The molecule has 2 atom stereocenters. The lowest BCUT2D eigenvalue weighted by Gasteiger charge is -2.28. The second kappa shape index (κ2) is 10.9. The van der Waals surface area contributed by atoms with E-state index in [0.29, 0.717) is 5.11 Å². The Kier molecular flexibility index (Phi) is 7.10. The number of hydrogen-bond acceptors (Lipinski definition) is 3. The fourth-order valence-corrected chi connectivity index (χ4v) is 6.13. The van der Waals surface area contributed by atoms with Gasteiger partial charge in [0.1, 0.15) is 11.5 Å². The van der Waals surface area contributed by atoms with Crippen molar-refractivity contribution in [2.24, 2.45) is 0 Å². The minimum atomic E-state index is -0.111. The molecule has 3 aromatic carbocycles. The first kappa shape index (κ1) is 26.8. The highest BCUT2D eigenvalue weighted by atomic mass is 32.1. The number of benzene rings is 3. The average molecular weight is 559 g/mol. The summed E-state index contributed by atoms with van der Waals surface area (Å²) in [4.78, 5) is 6.96. The minimum absolute atomic E-state index is 0.0914. The summed E-state index contributed by atoms with van der Waals surface area (Å²) >= 11 is 5.99. The third-order valence-corrected chi connectivity index (χ3v) is 8.18. The Morgan fingerprint density at radius 3 is 2.15 bits per heavy atom. The van der Waals surface area contributed by atoms with Crippen LogP contribution < -0.4 is 15.0 Å². The Bertz CT molecular complexity index is 1710. The fourth-order valence-electron chi connectivity index (χ4n) is 5.78. The number of hydrogen-bond donors (Lipinski definition) is 1. The van der Waals surface area contributed by atoms with E-state index in [1.807, 2.05) is 42.6 Å². The van der Waals surface area contributed by atoms with Crippen molar-refractivity contribution >= 4 is 23.0 Å². The lowest BCUT2D eigenvalue weighted by atomic mass is 9.96. The second-order valence-corrected chi connectivity index (χ2v) is 11.2. The highest BCUT2D eigenvalue weighted by Crippen LogP contribution is 2.44. The quantitative estimate of drug-likeness (QED) is 0.212. The number of anilines is 1. The molecule has 3 heterocycles. The summed E-state index contributed by atoms with van der Waals surface area (Å²) in [6.07, 6.45) is 1.84. The van der Waals surface area contributed by atoms with Gasteiger partial charge >= 0.3 is 0 Å². The van der Waals surface area contributed by atoms with Gasteiger partial charge < -0.3 is 19.5 Å². The fraction of sp³-hybridized carbons (Fsp3) is 0.200. The van der Waals surface area contributed by atoms with E-state index in [9.17, 15) is 0 Å². The molecule has 6 rings (SSSR count). The zero-order valence-electron chi connectivity index (χ0n) is 24.1. The molecule has 206 valence electrons. The zero-order chi connectivity index (χ0) is 28.7. The summed E-state index contributed by atoms with van der Waals surface area (Å²) in [6, 6.07) is 31.0. The van der Waals surface area contributed by atoms with Gasteiger partial charge in [0.25, 0.3) is 0 Å². The molecule has 0 unspecified atom stereocenters. The number of thiocarbonyl (C=S) groups is 1. The maximum Gasteiger partial charge on any atom is 0.174 e. The van der Waals surface area contributed by atoms with Crippen LogP contribution in [-0.2, 0) is 0 Å². The van der Waals surface area contributed by atoms with Crippen molar-refractivity contribution in [2.45, 2.75) is 46.7 Å². The van der Waals surface area contributed by atoms with Gasteiger partial charge in [-0.25, -0.2) is 0 Å². The highest BCUT2D eigenvalue weighted by molar-refractivity contribution is 7.80. The first-order chi connectivity index (χ1) is 19.8. The maximum absolute atomic E-state index is 6.11. The van der Waals surface area contributed by atoms with Gasteiger partial charge in [-0.1, -0.05) is 35.9 Å². The molecule has 0 aliphatic carbocycles. The number of aryl methyl sites for hydroxylation is 4. The Morgan fingerprint density at radius 1 is 0.780 bits per heavy atom. The van der Waals surface area contributed by atoms with E-state index in [1.165, 1.54) is 39.3 Å². The molecule has 1 aliphatic heterocycles. The van der Waals surface area contributed by atoms with E-state index in [1.54, 1.807) is 0 Å². The molecule has 2 aromatic heterocycles. The molecule has 1 fully saturated rings. The van der Waals surface area contributed by atoms with Crippen LogP contribution in [0.1, 0.15) is 51.4 Å². The van der Waals surface area contributed by atoms with Crippen molar-refractivity contribution in [3.05, 3.63) is 137 Å². The van der Waals surface area contributed by atoms with Gasteiger partial charge in [-0.15, -0.1) is 0 Å². The van der Waals surface area contributed by atoms with Gasteiger partial charge in [0.2, 0.25) is 0 Å². The van der Waals surface area contributed by atoms with Gasteiger partial charge in [-0.05, 0) is 124 Å². The minimum Gasteiger partial charge on any atom is -0.457 e. The summed E-state index contributed by atoms with van der Waals surface area (Å²) < 4.78 is 8.47. The predicted octanol–water partition coefficient (Wildman–Crippen LogP) is 8.38. The van der Waals surface area contributed by atoms with E-state index in [0.717, 1.165) is 22.9 Å². The van der Waals surface area contributed by atoms with Gasteiger partial charge in [0.05, 0.1) is 17.8 Å². The van der Waals surface area contributed by atoms with Crippen LogP contribution in [0.2, 0.25) is 0 Å². The van der Waals surface area contributed by atoms with Crippen LogP contribution in [0.5, 0.6) is 11.5 Å². The van der Waals surface area contributed by atoms with Crippen LogP contribution in [0.4, 0.5) is 5.69 Å². The number of nitrogens with one attached hydrogen (secondary N) is 1. The molecule has 5 nitrogen and oxygen atoms in total. The van der Waals surface area contributed by atoms with Crippen molar-refractivity contribution in [1.82, 2.24) is 14.9 Å². The van der Waals surface area contributed by atoms with Crippen LogP contribution in [0.25, 0.3) is 5.69 Å². The normalized spacial score (nSPS) is 16.6. The predicted molar refractivity (Wildman–Crippen MR) is 170 cm³/mol. The van der Waals surface area contributed by atoms with Crippen LogP contribution in [0.15, 0.2) is 97.2 Å². The van der Waals surface area contributed by atoms with Gasteiger partial charge in [0.15, 0.2) is 5.11 Å². The Labute approximate surface area is 247 Å². The molecule has 0 bridgehead atoms. The Morgan fingerprint density at radius 2 is 1.46 bits per heavy atom. The van der Waals surface area contributed by atoms with E-state index in [4.69, 9.17) is 21.9 Å². The summed E-state index contributed by atoms with van der Waals surface area (Å²) in [5, 5.41) is 4.27. The molecular formula is C35H34N4OS. The average Bonchev–Trinajstić information content (AvgIpc) is 3.47. The SMILES string of the molecule is Cc1ccc(Oc2ccc(N3C(=S)N[C@H](c4ccccn4)[C@@H]3c3cc(C)n(-c4cc(C)ccc4C)c3C)cc2)cc1. The molecule has 5 aromatic rings. The molecule has 41 heavy (non-hydrogen) atoms. The van der Waals surface area contributed by atoms with Crippen LogP contribution in [0.3, 0.4) is 0 Å². The molecule has 0 amide bonds. The zero-order valence-corrected chi connectivity index (χ0v) is 24.9. The third kappa shape index (κ3) is 5.11. The molecule has 1 N–H and O–H groups in total. The van der Waals surface area contributed by atoms with Crippen molar-refractivity contribution < 1.29 is 4.74 Å². The molecule has 0 saturated carbocycles. The summed E-state index contributed by atoms with van der Waals surface area (Å²) in [5.74, 6) is 1.59. The number of pyridine rings is 1. The van der Waals surface area contributed by atoms with Gasteiger partial charge in [0, 0.05) is 29.0 Å². The third-order valence-electron chi connectivity index (χ3n) is 7.86. The van der Waals surface area contributed by atoms with Crippen molar-refractivity contribution in [3.8, 4) is 17.2 Å². The molecular weight excluding hydrogens is 524 g/mol. The van der Waals surface area contributed by atoms with Crippen molar-refractivity contribution in [3.63, 3.8) is 0 Å². The molecule has 0 radical (unpaired) electrons. The maximum atomic E-state index is 6.11. The number of ether oxygens (including phenoxy) is 1. The van der Waals surface area contributed by atoms with Crippen LogP contribution in [-0.4, -0.2) is 14.7 Å². The molecule has 1 saturated heterocycles. The molecule has 0 spiro atoms. The Hall–Kier alpha value is -4.42. The Balaban J connectivity index is 1.42. The number of aromatic nitrogens is 2. The first-order valence-corrected chi connectivity index (χ1v) is 14.3.